The highest BCUT2D eigenvalue weighted by Crippen LogP contribution is 2.20. The normalized spacial score (nSPS) is 12.9. The van der Waals surface area contributed by atoms with E-state index in [-0.39, 0.29) is 6.04 Å². The fraction of sp³-hybridized carbons (Fsp3) is 0.500. The molecule has 0 aliphatic carbocycles. The summed E-state index contributed by atoms with van der Waals surface area (Å²) in [5.41, 5.74) is 15.4. The Bertz CT molecular complexity index is 294. The zero-order chi connectivity index (χ0) is 10.6. The molecule has 0 aliphatic heterocycles. The number of nitrogens with two attached hydrogens (primary N) is 2. The lowest BCUT2D eigenvalue weighted by Gasteiger charge is -2.14. The molecule has 1 aromatic carbocycles. The van der Waals surface area contributed by atoms with Gasteiger partial charge in [0.1, 0.15) is 0 Å². The van der Waals surface area contributed by atoms with E-state index in [2.05, 4.69) is 32.0 Å². The van der Waals surface area contributed by atoms with Crippen molar-refractivity contribution in [1.82, 2.24) is 0 Å². The third kappa shape index (κ3) is 2.82. The number of hydrogen-bond donors (Lipinski definition) is 2. The Labute approximate surface area is 86.3 Å². The highest BCUT2D eigenvalue weighted by atomic mass is 14.6. The molecule has 1 aromatic rings. The van der Waals surface area contributed by atoms with Crippen LogP contribution in [0.15, 0.2) is 18.2 Å². The average molecular weight is 192 g/mol. The molecule has 1 rings (SSSR count). The zero-order valence-electron chi connectivity index (χ0n) is 9.09. The fourth-order valence-electron chi connectivity index (χ4n) is 1.73. The third-order valence-corrected chi connectivity index (χ3v) is 2.54. The van der Waals surface area contributed by atoms with Gasteiger partial charge in [-0.1, -0.05) is 23.8 Å². The van der Waals surface area contributed by atoms with Gasteiger partial charge in [-0.05, 0) is 44.4 Å². The monoisotopic (exact) mass is 192 g/mol. The zero-order valence-corrected chi connectivity index (χ0v) is 9.09. The standard InChI is InChI=1S/C12H20N2/c1-9-5-6-11(10(2)8-9)12(14)4-3-7-13/h5-6,8,12H,3-4,7,13-14H2,1-2H3. The Hall–Kier alpha value is -0.860. The predicted octanol–water partition coefficient (Wildman–Crippen LogP) is 2.04. The number of rotatable bonds is 4. The highest BCUT2D eigenvalue weighted by Gasteiger charge is 2.07. The first kappa shape index (κ1) is 11.2. The number of benzene rings is 1. The molecule has 14 heavy (non-hydrogen) atoms. The maximum absolute atomic E-state index is 6.08. The molecule has 0 bridgehead atoms. The van der Waals surface area contributed by atoms with Crippen LogP contribution < -0.4 is 11.5 Å². The molecule has 0 aromatic heterocycles. The molecule has 0 saturated carbocycles. The topological polar surface area (TPSA) is 52.0 Å². The molecule has 0 saturated heterocycles. The Morgan fingerprint density at radius 2 is 2.00 bits per heavy atom. The van der Waals surface area contributed by atoms with Crippen LogP contribution in [0.3, 0.4) is 0 Å². The van der Waals surface area contributed by atoms with Gasteiger partial charge in [-0.15, -0.1) is 0 Å². The van der Waals surface area contributed by atoms with Crippen LogP contribution in [-0.2, 0) is 0 Å². The first-order valence-corrected chi connectivity index (χ1v) is 5.18. The van der Waals surface area contributed by atoms with E-state index in [1.165, 1.54) is 16.7 Å². The Morgan fingerprint density at radius 1 is 1.29 bits per heavy atom. The minimum atomic E-state index is 0.138. The van der Waals surface area contributed by atoms with Crippen LogP contribution in [0.2, 0.25) is 0 Å². The number of hydrogen-bond acceptors (Lipinski definition) is 2. The van der Waals surface area contributed by atoms with Gasteiger partial charge < -0.3 is 11.5 Å². The molecular formula is C12H20N2. The second-order valence-electron chi connectivity index (χ2n) is 3.90. The van der Waals surface area contributed by atoms with Crippen molar-refractivity contribution in [2.45, 2.75) is 32.7 Å². The van der Waals surface area contributed by atoms with Gasteiger partial charge in [0.15, 0.2) is 0 Å². The molecule has 1 atom stereocenters. The Kier molecular flexibility index (Phi) is 4.11. The summed E-state index contributed by atoms with van der Waals surface area (Å²) in [6, 6.07) is 6.56. The molecule has 0 radical (unpaired) electrons. The van der Waals surface area contributed by atoms with Crippen LogP contribution in [-0.4, -0.2) is 6.54 Å². The van der Waals surface area contributed by atoms with E-state index in [9.17, 15) is 0 Å². The summed E-state index contributed by atoms with van der Waals surface area (Å²) in [5.74, 6) is 0. The minimum absolute atomic E-state index is 0.138. The lowest BCUT2D eigenvalue weighted by Crippen LogP contribution is -2.13. The van der Waals surface area contributed by atoms with E-state index < -0.39 is 0 Å². The van der Waals surface area contributed by atoms with Crippen molar-refractivity contribution in [3.8, 4) is 0 Å². The van der Waals surface area contributed by atoms with Crippen LogP contribution in [0.4, 0.5) is 0 Å². The molecule has 0 fully saturated rings. The van der Waals surface area contributed by atoms with Crippen molar-refractivity contribution >= 4 is 0 Å². The molecule has 2 nitrogen and oxygen atoms in total. The van der Waals surface area contributed by atoms with Crippen molar-refractivity contribution in [2.75, 3.05) is 6.54 Å². The minimum Gasteiger partial charge on any atom is -0.330 e. The fourth-order valence-corrected chi connectivity index (χ4v) is 1.73. The van der Waals surface area contributed by atoms with Crippen LogP contribution >= 0.6 is 0 Å². The maximum Gasteiger partial charge on any atom is 0.0297 e. The first-order valence-electron chi connectivity index (χ1n) is 5.18. The molecule has 0 heterocycles. The average Bonchev–Trinajstić information content (AvgIpc) is 2.14. The molecule has 1 unspecified atom stereocenters. The number of aryl methyl sites for hydroxylation is 2. The maximum atomic E-state index is 6.08. The van der Waals surface area contributed by atoms with Gasteiger partial charge in [0.25, 0.3) is 0 Å². The molecule has 78 valence electrons. The van der Waals surface area contributed by atoms with Crippen LogP contribution in [0.25, 0.3) is 0 Å². The Balaban J connectivity index is 2.74. The van der Waals surface area contributed by atoms with E-state index in [0.717, 1.165) is 19.4 Å². The summed E-state index contributed by atoms with van der Waals surface area (Å²) in [6.07, 6.45) is 1.97. The SMILES string of the molecule is Cc1ccc(C(N)CCCN)c(C)c1. The summed E-state index contributed by atoms with van der Waals surface area (Å²) >= 11 is 0. The molecule has 0 aliphatic rings. The van der Waals surface area contributed by atoms with Crippen molar-refractivity contribution in [3.05, 3.63) is 34.9 Å². The van der Waals surface area contributed by atoms with Crippen molar-refractivity contribution < 1.29 is 0 Å². The molecule has 4 N–H and O–H groups in total. The van der Waals surface area contributed by atoms with Gasteiger partial charge in [-0.2, -0.15) is 0 Å². The smallest absolute Gasteiger partial charge is 0.0297 e. The van der Waals surface area contributed by atoms with Gasteiger partial charge >= 0.3 is 0 Å². The van der Waals surface area contributed by atoms with Gasteiger partial charge in [0, 0.05) is 6.04 Å². The van der Waals surface area contributed by atoms with E-state index in [0.29, 0.717) is 0 Å². The van der Waals surface area contributed by atoms with Crippen molar-refractivity contribution in [2.24, 2.45) is 11.5 Å². The van der Waals surface area contributed by atoms with Gasteiger partial charge in [-0.3, -0.25) is 0 Å². The van der Waals surface area contributed by atoms with Crippen LogP contribution in [0, 0.1) is 13.8 Å². The summed E-state index contributed by atoms with van der Waals surface area (Å²) in [7, 11) is 0. The van der Waals surface area contributed by atoms with E-state index in [1.54, 1.807) is 0 Å². The van der Waals surface area contributed by atoms with E-state index in [4.69, 9.17) is 11.5 Å². The lowest BCUT2D eigenvalue weighted by molar-refractivity contribution is 0.615. The lowest BCUT2D eigenvalue weighted by atomic mass is 9.97. The molecular weight excluding hydrogens is 172 g/mol. The van der Waals surface area contributed by atoms with E-state index in [1.807, 2.05) is 0 Å². The van der Waals surface area contributed by atoms with E-state index >= 15 is 0 Å². The second kappa shape index (κ2) is 5.13. The molecule has 0 spiro atoms. The quantitative estimate of drug-likeness (QED) is 0.767. The van der Waals surface area contributed by atoms with Gasteiger partial charge in [-0.25, -0.2) is 0 Å². The summed E-state index contributed by atoms with van der Waals surface area (Å²) < 4.78 is 0. The summed E-state index contributed by atoms with van der Waals surface area (Å²) in [5, 5.41) is 0. The summed E-state index contributed by atoms with van der Waals surface area (Å²) in [6.45, 7) is 4.94. The third-order valence-electron chi connectivity index (χ3n) is 2.54. The first-order chi connectivity index (χ1) is 6.65. The molecule has 2 heteroatoms. The van der Waals surface area contributed by atoms with Gasteiger partial charge in [0.05, 0.1) is 0 Å². The molecule has 0 amide bonds. The van der Waals surface area contributed by atoms with Gasteiger partial charge in [0.2, 0.25) is 0 Å². The van der Waals surface area contributed by atoms with Crippen LogP contribution in [0.5, 0.6) is 0 Å². The Morgan fingerprint density at radius 3 is 2.57 bits per heavy atom. The van der Waals surface area contributed by atoms with Crippen LogP contribution in [0.1, 0.15) is 35.6 Å². The second-order valence-corrected chi connectivity index (χ2v) is 3.90. The van der Waals surface area contributed by atoms with Crippen molar-refractivity contribution in [3.63, 3.8) is 0 Å². The van der Waals surface area contributed by atoms with Crippen molar-refractivity contribution in [1.29, 1.82) is 0 Å². The highest BCUT2D eigenvalue weighted by molar-refractivity contribution is 5.32. The largest absolute Gasteiger partial charge is 0.330 e. The predicted molar refractivity (Wildman–Crippen MR) is 61.1 cm³/mol. The summed E-state index contributed by atoms with van der Waals surface area (Å²) in [4.78, 5) is 0.